The highest BCUT2D eigenvalue weighted by molar-refractivity contribution is 5.75. The zero-order valence-corrected chi connectivity index (χ0v) is 11.5. The summed E-state index contributed by atoms with van der Waals surface area (Å²) in [5.74, 6) is 0.772. The first kappa shape index (κ1) is 14.5. The fourth-order valence-electron chi connectivity index (χ4n) is 2.51. The van der Waals surface area contributed by atoms with Crippen LogP contribution in [0.25, 0.3) is 0 Å². The lowest BCUT2D eigenvalue weighted by Crippen LogP contribution is -2.45. The van der Waals surface area contributed by atoms with E-state index in [-0.39, 0.29) is 12.0 Å². The molecule has 17 heavy (non-hydrogen) atoms. The van der Waals surface area contributed by atoms with Crippen LogP contribution in [0.3, 0.4) is 0 Å². The highest BCUT2D eigenvalue weighted by Crippen LogP contribution is 2.24. The van der Waals surface area contributed by atoms with Crippen LogP contribution in [0.5, 0.6) is 0 Å². The van der Waals surface area contributed by atoms with Gasteiger partial charge in [0.15, 0.2) is 0 Å². The van der Waals surface area contributed by atoms with Gasteiger partial charge in [-0.3, -0.25) is 4.79 Å². The van der Waals surface area contributed by atoms with Crippen molar-refractivity contribution < 1.29 is 9.53 Å². The zero-order valence-electron chi connectivity index (χ0n) is 11.5. The molecule has 1 N–H and O–H groups in total. The topological polar surface area (TPSA) is 38.3 Å². The van der Waals surface area contributed by atoms with E-state index >= 15 is 0 Å². The SMILES string of the molecule is CCCC(NC1CCC(C)CC1)C(=O)OCC. The number of hydrogen-bond acceptors (Lipinski definition) is 3. The van der Waals surface area contributed by atoms with Crippen molar-refractivity contribution in [1.82, 2.24) is 5.32 Å². The number of carbonyl (C=O) groups excluding carboxylic acids is 1. The van der Waals surface area contributed by atoms with Crippen LogP contribution in [0.15, 0.2) is 0 Å². The predicted molar refractivity (Wildman–Crippen MR) is 69.9 cm³/mol. The van der Waals surface area contributed by atoms with Gasteiger partial charge in [-0.25, -0.2) is 0 Å². The third kappa shape index (κ3) is 5.07. The summed E-state index contributed by atoms with van der Waals surface area (Å²) in [6, 6.07) is 0.408. The lowest BCUT2D eigenvalue weighted by Gasteiger charge is -2.30. The van der Waals surface area contributed by atoms with Crippen molar-refractivity contribution >= 4 is 5.97 Å². The molecule has 1 unspecified atom stereocenters. The summed E-state index contributed by atoms with van der Waals surface area (Å²) < 4.78 is 5.12. The lowest BCUT2D eigenvalue weighted by atomic mass is 9.87. The molecule has 3 heteroatoms. The Morgan fingerprint density at radius 1 is 1.29 bits per heavy atom. The van der Waals surface area contributed by atoms with Crippen LogP contribution in [-0.4, -0.2) is 24.7 Å². The van der Waals surface area contributed by atoms with E-state index in [1.165, 1.54) is 25.7 Å². The molecule has 0 radical (unpaired) electrons. The molecule has 0 amide bonds. The third-order valence-corrected chi connectivity index (χ3v) is 3.60. The normalized spacial score (nSPS) is 26.5. The van der Waals surface area contributed by atoms with Gasteiger partial charge in [-0.15, -0.1) is 0 Å². The molecule has 3 nitrogen and oxygen atoms in total. The fourth-order valence-corrected chi connectivity index (χ4v) is 2.51. The summed E-state index contributed by atoms with van der Waals surface area (Å²) in [5, 5.41) is 3.49. The summed E-state index contributed by atoms with van der Waals surface area (Å²) >= 11 is 0. The minimum Gasteiger partial charge on any atom is -0.465 e. The van der Waals surface area contributed by atoms with Gasteiger partial charge in [-0.1, -0.05) is 20.3 Å². The van der Waals surface area contributed by atoms with Gasteiger partial charge in [-0.2, -0.15) is 0 Å². The van der Waals surface area contributed by atoms with E-state index in [0.717, 1.165) is 18.8 Å². The van der Waals surface area contributed by atoms with Crippen molar-refractivity contribution in [2.45, 2.75) is 71.4 Å². The van der Waals surface area contributed by atoms with Gasteiger partial charge >= 0.3 is 5.97 Å². The van der Waals surface area contributed by atoms with Crippen molar-refractivity contribution in [3.05, 3.63) is 0 Å². The number of nitrogens with one attached hydrogen (secondary N) is 1. The van der Waals surface area contributed by atoms with Crippen molar-refractivity contribution in [2.24, 2.45) is 5.92 Å². The van der Waals surface area contributed by atoms with Crippen LogP contribution < -0.4 is 5.32 Å². The maximum absolute atomic E-state index is 11.8. The van der Waals surface area contributed by atoms with Crippen molar-refractivity contribution in [3.63, 3.8) is 0 Å². The van der Waals surface area contributed by atoms with E-state index < -0.39 is 0 Å². The van der Waals surface area contributed by atoms with Gasteiger partial charge in [0, 0.05) is 6.04 Å². The maximum Gasteiger partial charge on any atom is 0.323 e. The minimum absolute atomic E-state index is 0.0760. The van der Waals surface area contributed by atoms with Crippen LogP contribution in [0.1, 0.15) is 59.3 Å². The first-order valence-electron chi connectivity index (χ1n) is 7.10. The smallest absolute Gasteiger partial charge is 0.323 e. The van der Waals surface area contributed by atoms with Gasteiger partial charge in [0.25, 0.3) is 0 Å². The van der Waals surface area contributed by atoms with Crippen LogP contribution in [0.4, 0.5) is 0 Å². The average Bonchev–Trinajstić information content (AvgIpc) is 2.31. The number of ether oxygens (including phenoxy) is 1. The first-order valence-corrected chi connectivity index (χ1v) is 7.10. The standard InChI is InChI=1S/C14H27NO2/c1-4-6-13(14(16)17-5-2)15-12-9-7-11(3)8-10-12/h11-13,15H,4-10H2,1-3H3. The van der Waals surface area contributed by atoms with Crippen LogP contribution in [0, 0.1) is 5.92 Å². The second-order valence-electron chi connectivity index (χ2n) is 5.22. The molecule has 100 valence electrons. The molecule has 0 heterocycles. The second-order valence-corrected chi connectivity index (χ2v) is 5.22. The van der Waals surface area contributed by atoms with Crippen molar-refractivity contribution in [3.8, 4) is 0 Å². The van der Waals surface area contributed by atoms with E-state index in [4.69, 9.17) is 4.74 Å². The summed E-state index contributed by atoms with van der Waals surface area (Å²) in [4.78, 5) is 11.8. The van der Waals surface area contributed by atoms with Gasteiger partial charge in [0.2, 0.25) is 0 Å². The predicted octanol–water partition coefficient (Wildman–Crippen LogP) is 2.89. The molecular weight excluding hydrogens is 214 g/mol. The van der Waals surface area contributed by atoms with Crippen LogP contribution in [0.2, 0.25) is 0 Å². The molecule has 1 aliphatic carbocycles. The Labute approximate surface area is 105 Å². The summed E-state index contributed by atoms with van der Waals surface area (Å²) in [6.45, 7) is 6.76. The van der Waals surface area contributed by atoms with Gasteiger partial charge < -0.3 is 10.1 Å². The Balaban J connectivity index is 2.40. The van der Waals surface area contributed by atoms with E-state index in [1.54, 1.807) is 0 Å². The third-order valence-electron chi connectivity index (χ3n) is 3.60. The Hall–Kier alpha value is -0.570. The lowest BCUT2D eigenvalue weighted by molar-refractivity contribution is -0.146. The Morgan fingerprint density at radius 2 is 1.94 bits per heavy atom. The molecule has 1 rings (SSSR count). The summed E-state index contributed by atoms with van der Waals surface area (Å²) in [6.07, 6.45) is 6.84. The quantitative estimate of drug-likeness (QED) is 0.727. The molecule has 1 aliphatic rings. The van der Waals surface area contributed by atoms with Gasteiger partial charge in [0.1, 0.15) is 6.04 Å². The monoisotopic (exact) mass is 241 g/mol. The van der Waals surface area contributed by atoms with Crippen LogP contribution >= 0.6 is 0 Å². The number of rotatable bonds is 6. The molecule has 1 fully saturated rings. The van der Waals surface area contributed by atoms with E-state index in [9.17, 15) is 4.79 Å². The van der Waals surface area contributed by atoms with E-state index in [2.05, 4.69) is 19.2 Å². The minimum atomic E-state index is -0.0987. The molecule has 0 aliphatic heterocycles. The summed E-state index contributed by atoms with van der Waals surface area (Å²) in [7, 11) is 0. The molecule has 0 aromatic rings. The molecule has 0 spiro atoms. The molecule has 0 aromatic carbocycles. The van der Waals surface area contributed by atoms with Gasteiger partial charge in [0.05, 0.1) is 6.61 Å². The Morgan fingerprint density at radius 3 is 2.47 bits per heavy atom. The van der Waals surface area contributed by atoms with Gasteiger partial charge in [-0.05, 0) is 44.9 Å². The van der Waals surface area contributed by atoms with E-state index in [1.807, 2.05) is 6.92 Å². The number of hydrogen-bond donors (Lipinski definition) is 1. The first-order chi connectivity index (χ1) is 8.17. The largest absolute Gasteiger partial charge is 0.465 e. The second kappa shape index (κ2) is 7.70. The Kier molecular flexibility index (Phi) is 6.56. The molecule has 0 saturated heterocycles. The Bertz CT molecular complexity index is 222. The molecular formula is C14H27NO2. The highest BCUT2D eigenvalue weighted by atomic mass is 16.5. The molecule has 0 bridgehead atoms. The summed E-state index contributed by atoms with van der Waals surface area (Å²) in [5.41, 5.74) is 0. The number of esters is 1. The van der Waals surface area contributed by atoms with E-state index in [0.29, 0.717) is 12.6 Å². The van der Waals surface area contributed by atoms with Crippen LogP contribution in [-0.2, 0) is 9.53 Å². The highest BCUT2D eigenvalue weighted by Gasteiger charge is 2.25. The van der Waals surface area contributed by atoms with Crippen molar-refractivity contribution in [1.29, 1.82) is 0 Å². The number of carbonyl (C=O) groups is 1. The molecule has 0 aromatic heterocycles. The fraction of sp³-hybridized carbons (Fsp3) is 0.929. The zero-order chi connectivity index (χ0) is 12.7. The van der Waals surface area contributed by atoms with Crippen molar-refractivity contribution in [2.75, 3.05) is 6.61 Å². The molecule has 1 saturated carbocycles. The average molecular weight is 241 g/mol. The molecule has 1 atom stereocenters. The maximum atomic E-state index is 11.8.